The molecular weight excluding hydrogens is 1020 g/mol. The molecule has 7 nitrogen and oxygen atoms in total. The van der Waals surface area contributed by atoms with Gasteiger partial charge in [-0.2, -0.15) is 52.7 Å². The Labute approximate surface area is 452 Å². The zero-order valence-electron chi connectivity index (χ0n) is 41.5. The number of aromatic nitrogens is 2. The number of alkyl halides is 6. The molecule has 13 heteroatoms. The summed E-state index contributed by atoms with van der Waals surface area (Å²) < 4.78 is 92.3. The van der Waals surface area contributed by atoms with Gasteiger partial charge in [-0.3, -0.25) is 0 Å². The van der Waals surface area contributed by atoms with Crippen LogP contribution >= 0.6 is 0 Å². The van der Waals surface area contributed by atoms with Gasteiger partial charge in [0, 0.05) is 21.5 Å². The quantitative estimate of drug-likeness (QED) is 0.147. The SMILES string of the molecule is N#Cc1ccccc1-c1ccc2c(c1)c1cc(-c3ccccc3C#N)ccc1n2-c1cc(-c2cc(C(F)(F)F)cc(C(F)(F)F)c2)cc(-n2c3ccc(-c4ccccc4C#N)cc3c3cc(-c4ccccc4C#N)ccc32)c1C#N. The van der Waals surface area contributed by atoms with Crippen molar-refractivity contribution in [1.29, 1.82) is 26.3 Å². The second-order valence-corrected chi connectivity index (χ2v) is 19.0. The lowest BCUT2D eigenvalue weighted by Gasteiger charge is -2.20. The zero-order chi connectivity index (χ0) is 55.6. The van der Waals surface area contributed by atoms with Crippen LogP contribution in [0.5, 0.6) is 0 Å². The summed E-state index contributed by atoms with van der Waals surface area (Å²) in [6.45, 7) is 0. The fourth-order valence-corrected chi connectivity index (χ4v) is 10.9. The monoisotopic (exact) mass is 1050 g/mol. The molecule has 0 aliphatic rings. The molecule has 0 radical (unpaired) electrons. The molecule has 0 amide bonds. The molecule has 0 N–H and O–H groups in total. The fraction of sp³-hybridized carbons (Fsp3) is 0.0299. The Morgan fingerprint density at radius 1 is 0.287 bits per heavy atom. The first-order valence-electron chi connectivity index (χ1n) is 24.7. The van der Waals surface area contributed by atoms with Gasteiger partial charge in [0.15, 0.2) is 0 Å². The van der Waals surface area contributed by atoms with E-state index in [0.29, 0.717) is 123 Å². The van der Waals surface area contributed by atoms with Gasteiger partial charge in [0.2, 0.25) is 0 Å². The topological polar surface area (TPSA) is 129 Å². The molecule has 2 aromatic heterocycles. The Morgan fingerprint density at radius 2 is 0.562 bits per heavy atom. The maximum absolute atomic E-state index is 14.8. The molecule has 0 fully saturated rings. The second kappa shape index (κ2) is 19.1. The van der Waals surface area contributed by atoms with E-state index >= 15 is 0 Å². The van der Waals surface area contributed by atoms with Crippen LogP contribution in [0, 0.1) is 56.7 Å². The Kier molecular flexibility index (Phi) is 11.9. The average Bonchev–Trinajstić information content (AvgIpc) is 4.00. The van der Waals surface area contributed by atoms with Gasteiger partial charge in [0.1, 0.15) is 11.6 Å². The molecule has 0 unspecified atom stereocenters. The minimum Gasteiger partial charge on any atom is -0.308 e. The van der Waals surface area contributed by atoms with Crippen molar-refractivity contribution in [2.24, 2.45) is 0 Å². The van der Waals surface area contributed by atoms with Crippen molar-refractivity contribution in [2.45, 2.75) is 12.4 Å². The van der Waals surface area contributed by atoms with Crippen LogP contribution in [0.25, 0.3) is 111 Å². The smallest absolute Gasteiger partial charge is 0.308 e. The lowest BCUT2D eigenvalue weighted by Crippen LogP contribution is -2.11. The van der Waals surface area contributed by atoms with Crippen LogP contribution < -0.4 is 0 Å². The molecule has 10 aromatic carbocycles. The van der Waals surface area contributed by atoms with E-state index in [1.807, 2.05) is 48.5 Å². The number of hydrogen-bond donors (Lipinski definition) is 0. The molecule has 2 heterocycles. The number of nitriles is 5. The maximum Gasteiger partial charge on any atom is 0.416 e. The summed E-state index contributed by atoms with van der Waals surface area (Å²) in [5.41, 5.74) is 5.33. The molecule has 80 heavy (non-hydrogen) atoms. The van der Waals surface area contributed by atoms with E-state index < -0.39 is 29.0 Å². The highest BCUT2D eigenvalue weighted by molar-refractivity contribution is 6.14. The zero-order valence-corrected chi connectivity index (χ0v) is 41.5. The van der Waals surface area contributed by atoms with E-state index in [1.54, 1.807) is 130 Å². The van der Waals surface area contributed by atoms with Gasteiger partial charge in [-0.1, -0.05) is 97.1 Å². The Hall–Kier alpha value is -11.2. The van der Waals surface area contributed by atoms with Crippen LogP contribution in [0.15, 0.2) is 200 Å². The molecule has 12 rings (SSSR count). The van der Waals surface area contributed by atoms with Gasteiger partial charge in [-0.05, 0) is 159 Å². The summed E-state index contributed by atoms with van der Waals surface area (Å²) in [4.78, 5) is 0. The van der Waals surface area contributed by atoms with Crippen molar-refractivity contribution in [2.75, 3.05) is 0 Å². The van der Waals surface area contributed by atoms with Crippen LogP contribution in [0.2, 0.25) is 0 Å². The third-order valence-electron chi connectivity index (χ3n) is 14.6. The predicted octanol–water partition coefficient (Wildman–Crippen LogP) is 17.6. The summed E-state index contributed by atoms with van der Waals surface area (Å²) in [5.74, 6) is 0. The number of nitrogens with zero attached hydrogens (tertiary/aromatic N) is 7. The molecule has 0 saturated heterocycles. The van der Waals surface area contributed by atoms with Crippen LogP contribution in [0.1, 0.15) is 38.9 Å². The van der Waals surface area contributed by atoms with E-state index in [2.05, 4.69) is 30.3 Å². The highest BCUT2D eigenvalue weighted by Crippen LogP contribution is 2.46. The van der Waals surface area contributed by atoms with Crippen LogP contribution in [0.4, 0.5) is 26.3 Å². The van der Waals surface area contributed by atoms with Crippen LogP contribution in [0.3, 0.4) is 0 Å². The van der Waals surface area contributed by atoms with Crippen molar-refractivity contribution < 1.29 is 26.3 Å². The maximum atomic E-state index is 14.8. The third-order valence-corrected chi connectivity index (χ3v) is 14.6. The minimum absolute atomic E-state index is 0.00928. The van der Waals surface area contributed by atoms with Crippen molar-refractivity contribution in [3.05, 3.63) is 239 Å². The van der Waals surface area contributed by atoms with Crippen LogP contribution in [-0.2, 0) is 12.4 Å². The Balaban J connectivity index is 1.23. The van der Waals surface area contributed by atoms with Gasteiger partial charge in [-0.15, -0.1) is 0 Å². The number of fused-ring (bicyclic) bond motifs is 6. The van der Waals surface area contributed by atoms with E-state index in [0.717, 1.165) is 0 Å². The first kappa shape index (κ1) is 49.7. The van der Waals surface area contributed by atoms with E-state index in [9.17, 15) is 52.7 Å². The summed E-state index contributed by atoms with van der Waals surface area (Å²) in [7, 11) is 0. The molecule has 0 bridgehead atoms. The second-order valence-electron chi connectivity index (χ2n) is 19.0. The standard InChI is InChI=1S/C67H33F6N7/c68-66(69,70)49-25-47(26-50(33-49)67(71,72)73)48-31-64(79-60-21-17-39(51-13-5-1-9-43(51)34-74)27-55(60)56-28-40(18-22-61(56)79)52-14-6-2-10-44(52)35-75)59(38-78)65(32-48)80-62-23-19-41(53-15-7-3-11-45(53)36-76)29-57(62)58-30-42(20-24-63(58)80)54-16-8-4-12-46(54)37-77/h1-33H. The molecule has 0 spiro atoms. The fourth-order valence-electron chi connectivity index (χ4n) is 10.9. The summed E-state index contributed by atoms with van der Waals surface area (Å²) in [6, 6.07) is 65.8. The number of hydrogen-bond acceptors (Lipinski definition) is 5. The molecule has 12 aromatic rings. The van der Waals surface area contributed by atoms with Crippen molar-refractivity contribution >= 4 is 43.6 Å². The Morgan fingerprint density at radius 3 is 0.825 bits per heavy atom. The lowest BCUT2D eigenvalue weighted by atomic mass is 9.96. The van der Waals surface area contributed by atoms with E-state index in [4.69, 9.17) is 0 Å². The van der Waals surface area contributed by atoms with Gasteiger partial charge in [-0.25, -0.2) is 0 Å². The molecule has 0 aliphatic carbocycles. The van der Waals surface area contributed by atoms with Gasteiger partial charge in [0.05, 0.1) is 91.1 Å². The normalized spacial score (nSPS) is 11.6. The average molecular weight is 1050 g/mol. The highest BCUT2D eigenvalue weighted by atomic mass is 19.4. The van der Waals surface area contributed by atoms with E-state index in [1.165, 1.54) is 12.1 Å². The lowest BCUT2D eigenvalue weighted by molar-refractivity contribution is -0.143. The summed E-state index contributed by atoms with van der Waals surface area (Å²) in [5, 5.41) is 54.9. The minimum atomic E-state index is -5.19. The molecule has 0 aliphatic heterocycles. The third kappa shape index (κ3) is 8.30. The predicted molar refractivity (Wildman–Crippen MR) is 296 cm³/mol. The molecule has 378 valence electrons. The van der Waals surface area contributed by atoms with Gasteiger partial charge >= 0.3 is 12.4 Å². The Bertz CT molecular complexity index is 4310. The van der Waals surface area contributed by atoms with Crippen LogP contribution in [-0.4, -0.2) is 9.13 Å². The van der Waals surface area contributed by atoms with Crippen molar-refractivity contribution in [3.8, 4) is 97.4 Å². The highest BCUT2D eigenvalue weighted by Gasteiger charge is 2.37. The van der Waals surface area contributed by atoms with E-state index in [-0.39, 0.29) is 28.6 Å². The van der Waals surface area contributed by atoms with Crippen molar-refractivity contribution in [1.82, 2.24) is 9.13 Å². The first-order valence-corrected chi connectivity index (χ1v) is 24.7. The van der Waals surface area contributed by atoms with Crippen molar-refractivity contribution in [3.63, 3.8) is 0 Å². The number of benzene rings is 10. The first-order chi connectivity index (χ1) is 38.7. The largest absolute Gasteiger partial charge is 0.416 e. The number of halogens is 6. The van der Waals surface area contributed by atoms with Gasteiger partial charge < -0.3 is 9.13 Å². The van der Waals surface area contributed by atoms with Gasteiger partial charge in [0.25, 0.3) is 0 Å². The molecule has 0 saturated carbocycles. The molecule has 0 atom stereocenters. The number of rotatable bonds is 7. The molecular formula is C67H33F6N7. The summed E-state index contributed by atoms with van der Waals surface area (Å²) >= 11 is 0. The summed E-state index contributed by atoms with van der Waals surface area (Å²) in [6.07, 6.45) is -10.4.